The molecule has 8 nitrogen and oxygen atoms in total. The standard InChI is InChI=1S/C21H33FN4O4S/c1-14(2)31(28,29)24-18-7-9-25(10-8-18)21(27)23-19-6-5-17(22)11-20(19)26-12-15(3)30-16(4)13-26/h5-6,11,14-16,18,24H,7-10,12-13H2,1-4H3,(H,23,27)/t15-,16+. The Hall–Kier alpha value is -1.91. The molecule has 2 amide bonds. The van der Waals surface area contributed by atoms with Crippen LogP contribution in [0.25, 0.3) is 0 Å². The number of likely N-dealkylation sites (tertiary alicyclic amines) is 1. The van der Waals surface area contributed by atoms with Crippen molar-refractivity contribution >= 4 is 27.4 Å². The van der Waals surface area contributed by atoms with Crippen molar-refractivity contribution in [1.29, 1.82) is 0 Å². The Labute approximate surface area is 184 Å². The largest absolute Gasteiger partial charge is 0.372 e. The molecule has 2 atom stereocenters. The molecule has 0 unspecified atom stereocenters. The Bertz CT molecular complexity index is 877. The summed E-state index contributed by atoms with van der Waals surface area (Å²) in [7, 11) is -3.34. The Morgan fingerprint density at radius 3 is 2.35 bits per heavy atom. The summed E-state index contributed by atoms with van der Waals surface area (Å²) in [6.45, 7) is 9.33. The number of anilines is 2. The number of rotatable bonds is 5. The van der Waals surface area contributed by atoms with Crippen molar-refractivity contribution in [2.45, 2.75) is 64.0 Å². The maximum atomic E-state index is 14.0. The Kier molecular flexibility index (Phi) is 7.43. The van der Waals surface area contributed by atoms with E-state index in [2.05, 4.69) is 10.0 Å². The molecule has 0 saturated carbocycles. The van der Waals surface area contributed by atoms with Gasteiger partial charge in [-0.15, -0.1) is 0 Å². The molecule has 0 radical (unpaired) electrons. The van der Waals surface area contributed by atoms with Gasteiger partial charge in [0.25, 0.3) is 0 Å². The van der Waals surface area contributed by atoms with Gasteiger partial charge in [0.2, 0.25) is 10.0 Å². The highest BCUT2D eigenvalue weighted by Crippen LogP contribution is 2.30. The lowest BCUT2D eigenvalue weighted by Crippen LogP contribution is -2.49. The molecule has 10 heteroatoms. The molecular formula is C21H33FN4O4S. The molecular weight excluding hydrogens is 423 g/mol. The maximum Gasteiger partial charge on any atom is 0.321 e. The summed E-state index contributed by atoms with van der Waals surface area (Å²) < 4.78 is 46.6. The van der Waals surface area contributed by atoms with Gasteiger partial charge in [0.05, 0.1) is 28.8 Å². The van der Waals surface area contributed by atoms with E-state index >= 15 is 0 Å². The predicted octanol–water partition coefficient (Wildman–Crippen LogP) is 2.76. The van der Waals surface area contributed by atoms with Gasteiger partial charge < -0.3 is 19.9 Å². The molecule has 0 bridgehead atoms. The minimum Gasteiger partial charge on any atom is -0.372 e. The normalized spacial score (nSPS) is 23.3. The van der Waals surface area contributed by atoms with E-state index in [-0.39, 0.29) is 30.1 Å². The van der Waals surface area contributed by atoms with Crippen LogP contribution < -0.4 is 14.9 Å². The lowest BCUT2D eigenvalue weighted by molar-refractivity contribution is -0.00519. The minimum absolute atomic E-state index is 0.00390. The third kappa shape index (κ3) is 6.08. The Morgan fingerprint density at radius 2 is 1.77 bits per heavy atom. The molecule has 1 aromatic carbocycles. The number of nitrogens with zero attached hydrogens (tertiary/aromatic N) is 2. The molecule has 2 aliphatic heterocycles. The number of morpholine rings is 1. The SMILES string of the molecule is CC(C)S(=O)(=O)NC1CCN(C(=O)Nc2ccc(F)cc2N2C[C@@H](C)O[C@@H](C)C2)CC1. The molecule has 2 aliphatic rings. The van der Waals surface area contributed by atoms with E-state index in [0.717, 1.165) is 0 Å². The number of nitrogens with one attached hydrogen (secondary N) is 2. The lowest BCUT2D eigenvalue weighted by atomic mass is 10.1. The van der Waals surface area contributed by atoms with Crippen molar-refractivity contribution in [3.05, 3.63) is 24.0 Å². The van der Waals surface area contributed by atoms with Crippen molar-refractivity contribution in [2.75, 3.05) is 36.4 Å². The number of halogens is 1. The first-order chi connectivity index (χ1) is 14.5. The molecule has 0 spiro atoms. The summed E-state index contributed by atoms with van der Waals surface area (Å²) in [5.74, 6) is -0.363. The van der Waals surface area contributed by atoms with Crippen molar-refractivity contribution < 1.29 is 22.3 Å². The van der Waals surface area contributed by atoms with Crippen LogP contribution in [0.3, 0.4) is 0 Å². The molecule has 2 heterocycles. The van der Waals surface area contributed by atoms with Crippen LogP contribution in [0.2, 0.25) is 0 Å². The van der Waals surface area contributed by atoms with E-state index in [1.807, 2.05) is 18.7 Å². The number of carbonyl (C=O) groups is 1. The van der Waals surface area contributed by atoms with Crippen LogP contribution in [0.1, 0.15) is 40.5 Å². The van der Waals surface area contributed by atoms with Gasteiger partial charge in [0.15, 0.2) is 0 Å². The highest BCUT2D eigenvalue weighted by atomic mass is 32.2. The van der Waals surface area contributed by atoms with Gasteiger partial charge in [-0.1, -0.05) is 0 Å². The first kappa shape index (κ1) is 23.7. The van der Waals surface area contributed by atoms with E-state index in [1.54, 1.807) is 24.8 Å². The smallest absolute Gasteiger partial charge is 0.321 e. The van der Waals surface area contributed by atoms with E-state index in [4.69, 9.17) is 4.74 Å². The average molecular weight is 457 g/mol. The molecule has 3 rings (SSSR count). The summed E-state index contributed by atoms with van der Waals surface area (Å²) >= 11 is 0. The van der Waals surface area contributed by atoms with Crippen LogP contribution in [0, 0.1) is 5.82 Å². The van der Waals surface area contributed by atoms with Crippen LogP contribution in [0.5, 0.6) is 0 Å². The summed E-state index contributed by atoms with van der Waals surface area (Å²) in [6, 6.07) is 3.91. The van der Waals surface area contributed by atoms with Crippen LogP contribution in [-0.2, 0) is 14.8 Å². The number of sulfonamides is 1. The second-order valence-corrected chi connectivity index (χ2v) is 11.0. The van der Waals surface area contributed by atoms with Gasteiger partial charge in [-0.2, -0.15) is 0 Å². The molecule has 0 aliphatic carbocycles. The van der Waals surface area contributed by atoms with Gasteiger partial charge in [0.1, 0.15) is 5.82 Å². The monoisotopic (exact) mass is 456 g/mol. The number of urea groups is 1. The summed E-state index contributed by atoms with van der Waals surface area (Å²) in [6.07, 6.45) is 1.11. The summed E-state index contributed by atoms with van der Waals surface area (Å²) in [5, 5.41) is 2.43. The summed E-state index contributed by atoms with van der Waals surface area (Å²) in [5.41, 5.74) is 1.19. The van der Waals surface area contributed by atoms with Gasteiger partial charge >= 0.3 is 6.03 Å². The lowest BCUT2D eigenvalue weighted by Gasteiger charge is -2.38. The molecule has 2 saturated heterocycles. The molecule has 31 heavy (non-hydrogen) atoms. The average Bonchev–Trinajstić information content (AvgIpc) is 2.68. The van der Waals surface area contributed by atoms with E-state index in [1.165, 1.54) is 12.1 Å². The molecule has 2 N–H and O–H groups in total. The third-order valence-corrected chi connectivity index (χ3v) is 7.60. The molecule has 0 aromatic heterocycles. The van der Waals surface area contributed by atoms with Gasteiger partial charge in [-0.25, -0.2) is 22.3 Å². The number of benzene rings is 1. The third-order valence-electron chi connectivity index (χ3n) is 5.70. The minimum atomic E-state index is -3.34. The fourth-order valence-electron chi connectivity index (χ4n) is 4.01. The van der Waals surface area contributed by atoms with Crippen LogP contribution >= 0.6 is 0 Å². The molecule has 174 valence electrons. The highest BCUT2D eigenvalue weighted by Gasteiger charge is 2.29. The number of hydrogen-bond donors (Lipinski definition) is 2. The first-order valence-corrected chi connectivity index (χ1v) is 12.4. The number of hydrogen-bond acceptors (Lipinski definition) is 5. The van der Waals surface area contributed by atoms with Gasteiger partial charge in [-0.05, 0) is 58.7 Å². The number of piperidine rings is 1. The molecule has 1 aromatic rings. The van der Waals surface area contributed by atoms with Gasteiger partial charge in [-0.3, -0.25) is 0 Å². The topological polar surface area (TPSA) is 91.0 Å². The zero-order valence-electron chi connectivity index (χ0n) is 18.6. The number of amides is 2. The maximum absolute atomic E-state index is 14.0. The number of ether oxygens (including phenoxy) is 1. The van der Waals surface area contributed by atoms with Crippen molar-refractivity contribution in [3.8, 4) is 0 Å². The van der Waals surface area contributed by atoms with Crippen molar-refractivity contribution in [1.82, 2.24) is 9.62 Å². The van der Waals surface area contributed by atoms with Crippen LogP contribution in [-0.4, -0.2) is 69.0 Å². The van der Waals surface area contributed by atoms with Gasteiger partial charge in [0, 0.05) is 32.2 Å². The zero-order chi connectivity index (χ0) is 22.8. The van der Waals surface area contributed by atoms with E-state index in [0.29, 0.717) is 50.4 Å². The van der Waals surface area contributed by atoms with E-state index < -0.39 is 15.3 Å². The zero-order valence-corrected chi connectivity index (χ0v) is 19.4. The molecule has 2 fully saturated rings. The Morgan fingerprint density at radius 1 is 1.16 bits per heavy atom. The first-order valence-electron chi connectivity index (χ1n) is 10.8. The van der Waals surface area contributed by atoms with E-state index in [9.17, 15) is 17.6 Å². The second-order valence-electron chi connectivity index (χ2n) is 8.73. The fraction of sp³-hybridized carbons (Fsp3) is 0.667. The predicted molar refractivity (Wildman–Crippen MR) is 119 cm³/mol. The van der Waals surface area contributed by atoms with Crippen LogP contribution in [0.4, 0.5) is 20.6 Å². The second kappa shape index (κ2) is 9.70. The quantitative estimate of drug-likeness (QED) is 0.711. The highest BCUT2D eigenvalue weighted by molar-refractivity contribution is 7.90. The van der Waals surface area contributed by atoms with Crippen molar-refractivity contribution in [3.63, 3.8) is 0 Å². The van der Waals surface area contributed by atoms with Crippen molar-refractivity contribution in [2.24, 2.45) is 0 Å². The fourth-order valence-corrected chi connectivity index (χ4v) is 4.98. The summed E-state index contributed by atoms with van der Waals surface area (Å²) in [4.78, 5) is 16.6. The number of carbonyl (C=O) groups excluding carboxylic acids is 1. The Balaban J connectivity index is 1.64. The van der Waals surface area contributed by atoms with Crippen LogP contribution in [0.15, 0.2) is 18.2 Å².